The van der Waals surface area contributed by atoms with Crippen molar-refractivity contribution >= 4 is 23.5 Å². The van der Waals surface area contributed by atoms with Gasteiger partial charge < -0.3 is 14.5 Å². The molecule has 140 valence electrons. The molecule has 7 heteroatoms. The Morgan fingerprint density at radius 2 is 1.93 bits per heavy atom. The topological polar surface area (TPSA) is 69.5 Å². The number of piperazine rings is 1. The second-order valence-electron chi connectivity index (χ2n) is 6.26. The average Bonchev–Trinajstić information content (AvgIpc) is 2.74. The molecule has 0 bridgehead atoms. The third kappa shape index (κ3) is 4.72. The largest absolute Gasteiger partial charge is 0.497 e. The normalized spacial score (nSPS) is 15.1. The van der Waals surface area contributed by atoms with Gasteiger partial charge in [0.2, 0.25) is 5.91 Å². The van der Waals surface area contributed by atoms with Crippen molar-refractivity contribution in [1.29, 1.82) is 5.26 Å². The number of nitrogens with zero attached hydrogens (tertiary/aromatic N) is 4. The number of benzene rings is 1. The van der Waals surface area contributed by atoms with Crippen molar-refractivity contribution < 1.29 is 9.53 Å². The molecule has 2 heterocycles. The highest BCUT2D eigenvalue weighted by Gasteiger charge is 2.26. The van der Waals surface area contributed by atoms with Crippen LogP contribution in [0.2, 0.25) is 0 Å². The molecule has 1 aromatic heterocycles. The van der Waals surface area contributed by atoms with Gasteiger partial charge in [0.15, 0.2) is 0 Å². The van der Waals surface area contributed by atoms with Gasteiger partial charge in [0.1, 0.15) is 11.6 Å². The number of carbonyl (C=O) groups is 1. The fraction of sp³-hybridized carbons (Fsp3) is 0.350. The van der Waals surface area contributed by atoms with E-state index in [0.717, 1.165) is 16.5 Å². The third-order valence-corrected chi connectivity index (χ3v) is 5.61. The van der Waals surface area contributed by atoms with Crippen molar-refractivity contribution in [3.63, 3.8) is 0 Å². The fourth-order valence-electron chi connectivity index (χ4n) is 2.98. The van der Waals surface area contributed by atoms with Crippen molar-refractivity contribution in [2.24, 2.45) is 0 Å². The van der Waals surface area contributed by atoms with Gasteiger partial charge in [-0.05, 0) is 43.3 Å². The zero-order valence-electron chi connectivity index (χ0n) is 15.5. The number of amides is 1. The molecular weight excluding hydrogens is 360 g/mol. The van der Waals surface area contributed by atoms with Gasteiger partial charge >= 0.3 is 0 Å². The summed E-state index contributed by atoms with van der Waals surface area (Å²) in [5.74, 6) is 1.75. The zero-order chi connectivity index (χ0) is 19.2. The molecule has 27 heavy (non-hydrogen) atoms. The molecule has 0 spiro atoms. The first-order valence-corrected chi connectivity index (χ1v) is 9.69. The highest BCUT2D eigenvalue weighted by Crippen LogP contribution is 2.27. The van der Waals surface area contributed by atoms with Crippen LogP contribution in [-0.4, -0.2) is 54.3 Å². The first kappa shape index (κ1) is 19.1. The lowest BCUT2D eigenvalue weighted by atomic mass is 10.2. The molecule has 1 amide bonds. The van der Waals surface area contributed by atoms with Crippen LogP contribution in [0.5, 0.6) is 5.75 Å². The summed E-state index contributed by atoms with van der Waals surface area (Å²) in [5.41, 5.74) is 0.600. The fourth-order valence-corrected chi connectivity index (χ4v) is 3.93. The minimum absolute atomic E-state index is 0.147. The number of hydrogen-bond donors (Lipinski definition) is 0. The molecule has 1 aliphatic heterocycles. The zero-order valence-corrected chi connectivity index (χ0v) is 16.3. The Morgan fingerprint density at radius 1 is 1.22 bits per heavy atom. The lowest BCUT2D eigenvalue weighted by Crippen LogP contribution is -2.50. The number of aromatic nitrogens is 1. The predicted octanol–water partition coefficient (Wildman–Crippen LogP) is 2.79. The molecule has 1 unspecified atom stereocenters. The highest BCUT2D eigenvalue weighted by molar-refractivity contribution is 8.00. The molecule has 1 atom stereocenters. The molecule has 1 aromatic carbocycles. The number of rotatable bonds is 5. The first-order valence-electron chi connectivity index (χ1n) is 8.81. The Bertz CT molecular complexity index is 827. The van der Waals surface area contributed by atoms with E-state index in [1.807, 2.05) is 36.1 Å². The minimum atomic E-state index is -0.148. The smallest absolute Gasteiger partial charge is 0.235 e. The number of thioether (sulfide) groups is 1. The Balaban J connectivity index is 1.54. The van der Waals surface area contributed by atoms with Gasteiger partial charge in [-0.2, -0.15) is 5.26 Å². The summed E-state index contributed by atoms with van der Waals surface area (Å²) >= 11 is 1.56. The monoisotopic (exact) mass is 382 g/mol. The van der Waals surface area contributed by atoms with E-state index in [2.05, 4.69) is 16.0 Å². The SMILES string of the molecule is COc1ccc(SC(C)C(=O)N2CCN(c3cc(C#N)ccn3)CC2)cc1. The van der Waals surface area contributed by atoms with Crippen LogP contribution in [0.3, 0.4) is 0 Å². The standard InChI is InChI=1S/C20H22N4O2S/c1-15(27-18-5-3-17(26-2)4-6-18)20(25)24-11-9-23(10-12-24)19-13-16(14-21)7-8-22-19/h3-8,13,15H,9-12H2,1-2H3. The summed E-state index contributed by atoms with van der Waals surface area (Å²) in [5, 5.41) is 8.88. The van der Waals surface area contributed by atoms with E-state index in [4.69, 9.17) is 10.00 Å². The third-order valence-electron chi connectivity index (χ3n) is 4.51. The molecule has 3 rings (SSSR count). The summed E-state index contributed by atoms with van der Waals surface area (Å²) < 4.78 is 5.17. The van der Waals surface area contributed by atoms with Crippen LogP contribution in [0.4, 0.5) is 5.82 Å². The lowest BCUT2D eigenvalue weighted by Gasteiger charge is -2.36. The van der Waals surface area contributed by atoms with Crippen molar-refractivity contribution in [3.05, 3.63) is 48.2 Å². The highest BCUT2D eigenvalue weighted by atomic mass is 32.2. The quantitative estimate of drug-likeness (QED) is 0.741. The molecule has 0 saturated carbocycles. The molecule has 2 aromatic rings. The minimum Gasteiger partial charge on any atom is -0.497 e. The van der Waals surface area contributed by atoms with Gasteiger partial charge in [-0.1, -0.05) is 0 Å². The van der Waals surface area contributed by atoms with Gasteiger partial charge in [-0.3, -0.25) is 4.79 Å². The maximum atomic E-state index is 12.8. The van der Waals surface area contributed by atoms with Crippen LogP contribution in [0.25, 0.3) is 0 Å². The molecule has 0 radical (unpaired) electrons. The number of hydrogen-bond acceptors (Lipinski definition) is 6. The molecule has 6 nitrogen and oxygen atoms in total. The van der Waals surface area contributed by atoms with Gasteiger partial charge in [-0.15, -0.1) is 11.8 Å². The van der Waals surface area contributed by atoms with E-state index >= 15 is 0 Å². The number of anilines is 1. The Hall–Kier alpha value is -2.72. The Labute approximate surface area is 163 Å². The van der Waals surface area contributed by atoms with Crippen molar-refractivity contribution in [2.45, 2.75) is 17.1 Å². The first-order chi connectivity index (χ1) is 13.1. The average molecular weight is 382 g/mol. The van der Waals surface area contributed by atoms with Gasteiger partial charge in [0.05, 0.1) is 24.0 Å². The second kappa shape index (κ2) is 8.78. The summed E-state index contributed by atoms with van der Waals surface area (Å²) in [6, 6.07) is 13.4. The van der Waals surface area contributed by atoms with Crippen LogP contribution in [-0.2, 0) is 4.79 Å². The Kier molecular flexibility index (Phi) is 6.20. The van der Waals surface area contributed by atoms with Crippen molar-refractivity contribution in [2.75, 3.05) is 38.2 Å². The van der Waals surface area contributed by atoms with E-state index in [9.17, 15) is 4.79 Å². The summed E-state index contributed by atoms with van der Waals surface area (Å²) in [6.45, 7) is 4.69. The number of methoxy groups -OCH3 is 1. The van der Waals surface area contributed by atoms with Gasteiger partial charge in [-0.25, -0.2) is 4.98 Å². The number of pyridine rings is 1. The van der Waals surface area contributed by atoms with Crippen LogP contribution in [0, 0.1) is 11.3 Å². The maximum absolute atomic E-state index is 12.8. The molecule has 1 saturated heterocycles. The van der Waals surface area contributed by atoms with Gasteiger partial charge in [0.25, 0.3) is 0 Å². The van der Waals surface area contributed by atoms with Crippen LogP contribution in [0.1, 0.15) is 12.5 Å². The van der Waals surface area contributed by atoms with Crippen molar-refractivity contribution in [3.8, 4) is 11.8 Å². The van der Waals surface area contributed by atoms with E-state index in [0.29, 0.717) is 31.7 Å². The number of carbonyl (C=O) groups excluding carboxylic acids is 1. The Morgan fingerprint density at radius 3 is 2.56 bits per heavy atom. The summed E-state index contributed by atoms with van der Waals surface area (Å²) in [7, 11) is 1.64. The van der Waals surface area contributed by atoms with E-state index < -0.39 is 0 Å². The predicted molar refractivity (Wildman–Crippen MR) is 106 cm³/mol. The lowest BCUT2D eigenvalue weighted by molar-refractivity contribution is -0.130. The van der Waals surface area contributed by atoms with Crippen molar-refractivity contribution in [1.82, 2.24) is 9.88 Å². The van der Waals surface area contributed by atoms with Crippen LogP contribution < -0.4 is 9.64 Å². The van der Waals surface area contributed by atoms with E-state index in [-0.39, 0.29) is 11.2 Å². The molecule has 1 fully saturated rings. The number of nitriles is 1. The molecule has 1 aliphatic rings. The van der Waals surface area contributed by atoms with E-state index in [1.54, 1.807) is 37.2 Å². The van der Waals surface area contributed by atoms with Crippen LogP contribution >= 0.6 is 11.8 Å². The summed E-state index contributed by atoms with van der Waals surface area (Å²) in [4.78, 5) is 22.2. The number of ether oxygens (including phenoxy) is 1. The molecular formula is C20H22N4O2S. The van der Waals surface area contributed by atoms with Gasteiger partial charge in [0, 0.05) is 37.3 Å². The molecule has 0 N–H and O–H groups in total. The van der Waals surface area contributed by atoms with E-state index in [1.165, 1.54) is 0 Å². The second-order valence-corrected chi connectivity index (χ2v) is 7.68. The summed E-state index contributed by atoms with van der Waals surface area (Å²) in [6.07, 6.45) is 1.65. The molecule has 0 aliphatic carbocycles. The van der Waals surface area contributed by atoms with Crippen LogP contribution in [0.15, 0.2) is 47.5 Å². The maximum Gasteiger partial charge on any atom is 0.235 e.